The summed E-state index contributed by atoms with van der Waals surface area (Å²) in [6.45, 7) is 3.78. The Morgan fingerprint density at radius 1 is 0.857 bits per heavy atom. The van der Waals surface area contributed by atoms with Crippen molar-refractivity contribution in [2.24, 2.45) is 5.10 Å². The van der Waals surface area contributed by atoms with Gasteiger partial charge in [0.1, 0.15) is 0 Å². The summed E-state index contributed by atoms with van der Waals surface area (Å²) in [5.74, 6) is 0.824. The molecular weight excluding hydrogens is 346 g/mol. The van der Waals surface area contributed by atoms with Gasteiger partial charge in [0.25, 0.3) is 0 Å². The van der Waals surface area contributed by atoms with E-state index in [9.17, 15) is 4.79 Å². The van der Waals surface area contributed by atoms with Crippen LogP contribution in [0, 0.1) is 0 Å². The molecule has 4 nitrogen and oxygen atoms in total. The van der Waals surface area contributed by atoms with Crippen LogP contribution >= 0.6 is 0 Å². The van der Waals surface area contributed by atoms with Crippen LogP contribution in [0.2, 0.25) is 0 Å². The topological polar surface area (TPSA) is 35.9 Å². The number of carbonyl (C=O) groups excluding carboxylic acids is 1. The highest BCUT2D eigenvalue weighted by Crippen LogP contribution is 2.27. The molecule has 0 radical (unpaired) electrons. The van der Waals surface area contributed by atoms with E-state index in [0.717, 1.165) is 43.8 Å². The molecule has 0 saturated carbocycles. The molecule has 2 aromatic rings. The monoisotopic (exact) mass is 375 g/mol. The van der Waals surface area contributed by atoms with Crippen LogP contribution in [0.5, 0.6) is 0 Å². The second-order valence-corrected chi connectivity index (χ2v) is 7.81. The second kappa shape index (κ2) is 9.16. The minimum atomic E-state index is 0.158. The van der Waals surface area contributed by atoms with Crippen LogP contribution < -0.4 is 0 Å². The van der Waals surface area contributed by atoms with Crippen LogP contribution in [-0.4, -0.2) is 47.7 Å². The maximum Gasteiger partial charge on any atom is 0.242 e. The van der Waals surface area contributed by atoms with Crippen molar-refractivity contribution in [3.8, 4) is 0 Å². The van der Waals surface area contributed by atoms with Gasteiger partial charge in [0.15, 0.2) is 0 Å². The summed E-state index contributed by atoms with van der Waals surface area (Å²) < 4.78 is 0. The highest BCUT2D eigenvalue weighted by atomic mass is 16.2. The van der Waals surface area contributed by atoms with Crippen LogP contribution in [0.25, 0.3) is 0 Å². The van der Waals surface area contributed by atoms with Gasteiger partial charge in [-0.05, 0) is 55.8 Å². The van der Waals surface area contributed by atoms with Gasteiger partial charge in [-0.3, -0.25) is 4.79 Å². The summed E-state index contributed by atoms with van der Waals surface area (Å²) in [4.78, 5) is 15.0. The fourth-order valence-electron chi connectivity index (χ4n) is 4.25. The lowest BCUT2D eigenvalue weighted by molar-refractivity contribution is -0.131. The van der Waals surface area contributed by atoms with Crippen molar-refractivity contribution in [1.82, 2.24) is 9.91 Å². The van der Waals surface area contributed by atoms with Crippen LogP contribution in [0.4, 0.5) is 0 Å². The number of hydrazone groups is 1. The average molecular weight is 376 g/mol. The minimum absolute atomic E-state index is 0.158. The molecule has 28 heavy (non-hydrogen) atoms. The summed E-state index contributed by atoms with van der Waals surface area (Å²) in [6, 6.07) is 21.1. The quantitative estimate of drug-likeness (QED) is 0.782. The largest absolute Gasteiger partial charge is 0.301 e. The van der Waals surface area contributed by atoms with E-state index in [4.69, 9.17) is 5.10 Å². The molecule has 2 aromatic carbocycles. The van der Waals surface area contributed by atoms with Crippen LogP contribution in [0.15, 0.2) is 65.8 Å². The lowest BCUT2D eigenvalue weighted by atomic mass is 9.89. The van der Waals surface area contributed by atoms with Crippen molar-refractivity contribution < 1.29 is 4.79 Å². The Hall–Kier alpha value is -2.46. The Balaban J connectivity index is 1.34. The zero-order valence-electron chi connectivity index (χ0n) is 16.5. The molecule has 0 aromatic heterocycles. The molecule has 0 unspecified atom stereocenters. The molecule has 4 heteroatoms. The number of piperidine rings is 1. The normalized spacial score (nSPS) is 19.4. The number of rotatable bonds is 5. The molecule has 4 rings (SSSR count). The Bertz CT molecular complexity index is 795. The molecular formula is C24H29N3O. The van der Waals surface area contributed by atoms with Crippen molar-refractivity contribution >= 4 is 11.6 Å². The third-order valence-electron chi connectivity index (χ3n) is 5.93. The molecule has 1 saturated heterocycles. The first-order chi connectivity index (χ1) is 13.8. The van der Waals surface area contributed by atoms with E-state index >= 15 is 0 Å². The standard InChI is InChI=1S/C24H29N3O/c28-24-13-7-12-23(22-10-5-2-6-11-22)25-27(24)19-18-26-16-14-21(15-17-26)20-8-3-1-4-9-20/h1-6,8-11,21H,7,12-19H2. The maximum atomic E-state index is 12.5. The Morgan fingerprint density at radius 3 is 2.25 bits per heavy atom. The van der Waals surface area contributed by atoms with Gasteiger partial charge >= 0.3 is 0 Å². The van der Waals surface area contributed by atoms with Gasteiger partial charge in [-0.2, -0.15) is 5.10 Å². The van der Waals surface area contributed by atoms with Crippen molar-refractivity contribution in [2.45, 2.75) is 38.0 Å². The molecule has 0 atom stereocenters. The lowest BCUT2D eigenvalue weighted by Crippen LogP contribution is -2.39. The number of hydrogen-bond acceptors (Lipinski definition) is 3. The number of benzene rings is 2. The van der Waals surface area contributed by atoms with E-state index in [1.165, 1.54) is 18.4 Å². The summed E-state index contributed by atoms with van der Waals surface area (Å²) in [5.41, 5.74) is 3.63. The molecule has 1 fully saturated rings. The van der Waals surface area contributed by atoms with Crippen molar-refractivity contribution in [2.75, 3.05) is 26.2 Å². The SMILES string of the molecule is O=C1CCCC(c2ccccc2)=NN1CCN1CCC(c2ccccc2)CC1. The fraction of sp³-hybridized carbons (Fsp3) is 0.417. The summed E-state index contributed by atoms with van der Waals surface area (Å²) in [5, 5.41) is 6.47. The first-order valence-corrected chi connectivity index (χ1v) is 10.5. The molecule has 2 heterocycles. The summed E-state index contributed by atoms with van der Waals surface area (Å²) >= 11 is 0. The van der Waals surface area contributed by atoms with Crippen molar-refractivity contribution in [1.29, 1.82) is 0 Å². The van der Waals surface area contributed by atoms with Gasteiger partial charge in [0, 0.05) is 13.0 Å². The molecule has 2 aliphatic rings. The highest BCUT2D eigenvalue weighted by Gasteiger charge is 2.23. The number of amides is 1. The third-order valence-corrected chi connectivity index (χ3v) is 5.93. The van der Waals surface area contributed by atoms with Gasteiger partial charge < -0.3 is 4.90 Å². The molecule has 0 aliphatic carbocycles. The zero-order chi connectivity index (χ0) is 19.2. The molecule has 1 amide bonds. The molecule has 146 valence electrons. The van der Waals surface area contributed by atoms with E-state index < -0.39 is 0 Å². The van der Waals surface area contributed by atoms with E-state index in [0.29, 0.717) is 18.9 Å². The van der Waals surface area contributed by atoms with Crippen LogP contribution in [0.3, 0.4) is 0 Å². The van der Waals surface area contributed by atoms with Gasteiger partial charge in [-0.15, -0.1) is 0 Å². The summed E-state index contributed by atoms with van der Waals surface area (Å²) in [6.07, 6.45) is 4.73. The van der Waals surface area contributed by atoms with Gasteiger partial charge in [0.05, 0.1) is 12.3 Å². The van der Waals surface area contributed by atoms with Crippen LogP contribution in [-0.2, 0) is 4.79 Å². The Labute approximate surface area is 167 Å². The van der Waals surface area contributed by atoms with E-state index in [-0.39, 0.29) is 5.91 Å². The Morgan fingerprint density at radius 2 is 1.54 bits per heavy atom. The van der Waals surface area contributed by atoms with Gasteiger partial charge in [-0.1, -0.05) is 60.7 Å². The van der Waals surface area contributed by atoms with Crippen molar-refractivity contribution in [3.05, 3.63) is 71.8 Å². The molecule has 0 spiro atoms. The van der Waals surface area contributed by atoms with E-state index in [1.54, 1.807) is 5.01 Å². The lowest BCUT2D eigenvalue weighted by Gasteiger charge is -2.33. The third kappa shape index (κ3) is 4.68. The molecule has 0 bridgehead atoms. The smallest absolute Gasteiger partial charge is 0.242 e. The average Bonchev–Trinajstić information content (AvgIpc) is 2.95. The predicted molar refractivity (Wildman–Crippen MR) is 113 cm³/mol. The van der Waals surface area contributed by atoms with Gasteiger partial charge in [-0.25, -0.2) is 5.01 Å². The molecule has 0 N–H and O–H groups in total. The zero-order valence-corrected chi connectivity index (χ0v) is 16.5. The fourth-order valence-corrected chi connectivity index (χ4v) is 4.25. The minimum Gasteiger partial charge on any atom is -0.301 e. The Kier molecular flexibility index (Phi) is 6.17. The van der Waals surface area contributed by atoms with Gasteiger partial charge in [0.2, 0.25) is 5.91 Å². The molecule has 2 aliphatic heterocycles. The maximum absolute atomic E-state index is 12.5. The van der Waals surface area contributed by atoms with E-state index in [1.807, 2.05) is 18.2 Å². The highest BCUT2D eigenvalue weighted by molar-refractivity contribution is 6.01. The first-order valence-electron chi connectivity index (χ1n) is 10.5. The first kappa shape index (κ1) is 18.9. The van der Waals surface area contributed by atoms with Crippen molar-refractivity contribution in [3.63, 3.8) is 0 Å². The summed E-state index contributed by atoms with van der Waals surface area (Å²) in [7, 11) is 0. The number of carbonyl (C=O) groups is 1. The number of nitrogens with zero attached hydrogens (tertiary/aromatic N) is 3. The second-order valence-electron chi connectivity index (χ2n) is 7.81. The number of likely N-dealkylation sites (tertiary alicyclic amines) is 1. The van der Waals surface area contributed by atoms with Crippen LogP contribution in [0.1, 0.15) is 49.1 Å². The predicted octanol–water partition coefficient (Wildman–Crippen LogP) is 4.28. The number of hydrogen-bond donors (Lipinski definition) is 0. The van der Waals surface area contributed by atoms with E-state index in [2.05, 4.69) is 47.4 Å².